The molecule has 0 rings (SSSR count). The molecule has 0 saturated heterocycles. The lowest BCUT2D eigenvalue weighted by atomic mass is 10.1. The lowest BCUT2D eigenvalue weighted by Gasteiger charge is -2.20. The van der Waals surface area contributed by atoms with E-state index in [4.69, 9.17) is 12.2 Å². The van der Waals surface area contributed by atoms with Gasteiger partial charge >= 0.3 is 6.09 Å². The van der Waals surface area contributed by atoms with Gasteiger partial charge in [-0.25, -0.2) is 4.79 Å². The molecule has 2 N–H and O–H groups in total. The quantitative estimate of drug-likeness (QED) is 0.580. The van der Waals surface area contributed by atoms with Gasteiger partial charge in [-0.1, -0.05) is 12.8 Å². The fourth-order valence-electron chi connectivity index (χ4n) is 0.426. The number of hydrogen-bond donors (Lipinski definition) is 1. The molecule has 0 spiro atoms. The van der Waals surface area contributed by atoms with E-state index in [0.29, 0.717) is 6.42 Å². The minimum atomic E-state index is -0.841. The van der Waals surface area contributed by atoms with Gasteiger partial charge in [0.1, 0.15) is 0 Å². The summed E-state index contributed by atoms with van der Waals surface area (Å²) in [7, 11) is 0. The Morgan fingerprint density at radius 2 is 2.40 bits per heavy atom. The molecule has 0 aromatic rings. The van der Waals surface area contributed by atoms with Crippen LogP contribution < -0.4 is 5.73 Å². The van der Waals surface area contributed by atoms with Crippen LogP contribution in [-0.4, -0.2) is 11.7 Å². The van der Waals surface area contributed by atoms with Gasteiger partial charge in [0.05, 0.1) is 0 Å². The number of hydrogen-bond acceptors (Lipinski definition) is 2. The zero-order chi connectivity index (χ0) is 8.20. The van der Waals surface area contributed by atoms with Crippen LogP contribution in [-0.2, 0) is 4.74 Å². The van der Waals surface area contributed by atoms with Crippen molar-refractivity contribution in [1.29, 1.82) is 0 Å². The van der Waals surface area contributed by atoms with E-state index >= 15 is 0 Å². The Kier molecular flexibility index (Phi) is 2.75. The second-order valence-corrected chi connectivity index (χ2v) is 2.15. The molecule has 3 nitrogen and oxygen atoms in total. The molecule has 0 radical (unpaired) electrons. The SMILES string of the molecule is C#C[C@@](C)(CC)OC(N)=O. The summed E-state index contributed by atoms with van der Waals surface area (Å²) in [5.74, 6) is 2.34. The van der Waals surface area contributed by atoms with Gasteiger partial charge in [-0.05, 0) is 13.3 Å². The van der Waals surface area contributed by atoms with Crippen LogP contribution in [0.25, 0.3) is 0 Å². The number of rotatable bonds is 2. The van der Waals surface area contributed by atoms with E-state index < -0.39 is 11.7 Å². The fourth-order valence-corrected chi connectivity index (χ4v) is 0.426. The predicted octanol–water partition coefficient (Wildman–Crippen LogP) is 0.884. The van der Waals surface area contributed by atoms with Gasteiger partial charge in [0, 0.05) is 0 Å². The molecule has 1 atom stereocenters. The smallest absolute Gasteiger partial charge is 0.406 e. The maximum absolute atomic E-state index is 10.2. The number of amides is 1. The van der Waals surface area contributed by atoms with Crippen molar-refractivity contribution in [3.05, 3.63) is 0 Å². The second-order valence-electron chi connectivity index (χ2n) is 2.15. The van der Waals surface area contributed by atoms with E-state index in [1.807, 2.05) is 6.92 Å². The molecule has 10 heavy (non-hydrogen) atoms. The highest BCUT2D eigenvalue weighted by molar-refractivity contribution is 5.65. The largest absolute Gasteiger partial charge is 0.430 e. The molecule has 0 aliphatic rings. The summed E-state index contributed by atoms with van der Waals surface area (Å²) in [6.45, 7) is 3.46. The van der Waals surface area contributed by atoms with Crippen LogP contribution in [0.5, 0.6) is 0 Å². The van der Waals surface area contributed by atoms with Crippen molar-refractivity contribution >= 4 is 6.09 Å². The number of ether oxygens (including phenoxy) is 1. The fraction of sp³-hybridized carbons (Fsp3) is 0.571. The predicted molar refractivity (Wildman–Crippen MR) is 38.2 cm³/mol. The average Bonchev–Trinajstić information content (AvgIpc) is 1.87. The van der Waals surface area contributed by atoms with E-state index in [9.17, 15) is 4.79 Å². The summed E-state index contributed by atoms with van der Waals surface area (Å²) in [4.78, 5) is 10.2. The highest BCUT2D eigenvalue weighted by atomic mass is 16.6. The van der Waals surface area contributed by atoms with Crippen LogP contribution in [0, 0.1) is 12.3 Å². The number of nitrogens with two attached hydrogens (primary N) is 1. The first-order valence-electron chi connectivity index (χ1n) is 3.00. The number of carbonyl (C=O) groups is 1. The first-order valence-corrected chi connectivity index (χ1v) is 3.00. The van der Waals surface area contributed by atoms with Crippen LogP contribution in [0.2, 0.25) is 0 Å². The Balaban J connectivity index is 4.10. The van der Waals surface area contributed by atoms with Crippen LogP contribution in [0.4, 0.5) is 4.79 Å². The molecule has 0 aliphatic carbocycles. The van der Waals surface area contributed by atoms with E-state index in [0.717, 1.165) is 0 Å². The Bertz CT molecular complexity index is 171. The number of primary amides is 1. The molecular weight excluding hydrogens is 130 g/mol. The summed E-state index contributed by atoms with van der Waals surface area (Å²) >= 11 is 0. The van der Waals surface area contributed by atoms with Crippen LogP contribution in [0.3, 0.4) is 0 Å². The Labute approximate surface area is 60.5 Å². The molecule has 56 valence electrons. The van der Waals surface area contributed by atoms with Crippen molar-refractivity contribution in [1.82, 2.24) is 0 Å². The van der Waals surface area contributed by atoms with Crippen LogP contribution in [0.15, 0.2) is 0 Å². The van der Waals surface area contributed by atoms with Crippen molar-refractivity contribution in [2.75, 3.05) is 0 Å². The Hall–Kier alpha value is -1.17. The van der Waals surface area contributed by atoms with Crippen molar-refractivity contribution in [3.63, 3.8) is 0 Å². The van der Waals surface area contributed by atoms with E-state index in [1.54, 1.807) is 6.92 Å². The van der Waals surface area contributed by atoms with Gasteiger partial charge in [-0.15, -0.1) is 6.42 Å². The first kappa shape index (κ1) is 8.83. The van der Waals surface area contributed by atoms with Gasteiger partial charge in [0.25, 0.3) is 0 Å². The molecule has 3 heteroatoms. The van der Waals surface area contributed by atoms with Crippen LogP contribution in [0.1, 0.15) is 20.3 Å². The number of carbonyl (C=O) groups excluding carboxylic acids is 1. The third kappa shape index (κ3) is 2.40. The maximum atomic E-state index is 10.2. The highest BCUT2D eigenvalue weighted by Gasteiger charge is 2.21. The molecule has 0 aliphatic heterocycles. The van der Waals surface area contributed by atoms with Gasteiger partial charge in [-0.3, -0.25) is 0 Å². The van der Waals surface area contributed by atoms with Crippen molar-refractivity contribution in [2.24, 2.45) is 5.73 Å². The zero-order valence-electron chi connectivity index (χ0n) is 6.18. The summed E-state index contributed by atoms with van der Waals surface area (Å²) in [6, 6.07) is 0. The standard InChI is InChI=1S/C7H11NO2/c1-4-7(3,5-2)10-6(8)9/h1H,5H2,2-3H3,(H2,8,9)/t7-/m0/s1. The summed E-state index contributed by atoms with van der Waals surface area (Å²) in [5.41, 5.74) is 3.93. The van der Waals surface area contributed by atoms with Crippen molar-refractivity contribution < 1.29 is 9.53 Å². The molecule has 0 aromatic heterocycles. The minimum absolute atomic E-state index is 0.562. The third-order valence-corrected chi connectivity index (χ3v) is 1.31. The first-order chi connectivity index (χ1) is 4.54. The van der Waals surface area contributed by atoms with Gasteiger partial charge < -0.3 is 10.5 Å². The number of terminal acetylenes is 1. The third-order valence-electron chi connectivity index (χ3n) is 1.31. The summed E-state index contributed by atoms with van der Waals surface area (Å²) in [5, 5.41) is 0. The van der Waals surface area contributed by atoms with Crippen molar-refractivity contribution in [3.8, 4) is 12.3 Å². The molecule has 0 saturated carbocycles. The average molecular weight is 141 g/mol. The van der Waals surface area contributed by atoms with E-state index in [2.05, 4.69) is 10.7 Å². The molecular formula is C7H11NO2. The highest BCUT2D eigenvalue weighted by Crippen LogP contribution is 2.12. The molecule has 0 heterocycles. The second kappa shape index (κ2) is 3.11. The minimum Gasteiger partial charge on any atom is -0.430 e. The molecule has 0 bridgehead atoms. The lowest BCUT2D eigenvalue weighted by Crippen LogP contribution is -2.31. The van der Waals surface area contributed by atoms with Crippen LogP contribution >= 0.6 is 0 Å². The van der Waals surface area contributed by atoms with E-state index in [-0.39, 0.29) is 0 Å². The van der Waals surface area contributed by atoms with Gasteiger partial charge in [0.15, 0.2) is 5.60 Å². The summed E-state index contributed by atoms with van der Waals surface area (Å²) in [6.07, 6.45) is 4.81. The summed E-state index contributed by atoms with van der Waals surface area (Å²) < 4.78 is 4.64. The monoisotopic (exact) mass is 141 g/mol. The Morgan fingerprint density at radius 3 is 2.50 bits per heavy atom. The van der Waals surface area contributed by atoms with Gasteiger partial charge in [-0.2, -0.15) is 0 Å². The normalized spacial score (nSPS) is 14.9. The molecule has 1 amide bonds. The van der Waals surface area contributed by atoms with Crippen molar-refractivity contribution in [2.45, 2.75) is 25.9 Å². The molecule has 0 fully saturated rings. The maximum Gasteiger partial charge on any atom is 0.406 e. The van der Waals surface area contributed by atoms with E-state index in [1.165, 1.54) is 0 Å². The molecule has 0 unspecified atom stereocenters. The topological polar surface area (TPSA) is 52.3 Å². The molecule has 0 aromatic carbocycles. The lowest BCUT2D eigenvalue weighted by molar-refractivity contribution is 0.0713. The Morgan fingerprint density at radius 1 is 1.90 bits per heavy atom. The van der Waals surface area contributed by atoms with Gasteiger partial charge in [0.2, 0.25) is 0 Å². The zero-order valence-corrected chi connectivity index (χ0v) is 6.18.